The summed E-state index contributed by atoms with van der Waals surface area (Å²) in [6.45, 7) is 0.605. The number of halogens is 1. The lowest BCUT2D eigenvalue weighted by molar-refractivity contribution is 0.0932. The number of fused-ring (bicyclic) bond motifs is 1. The van der Waals surface area contributed by atoms with Crippen LogP contribution in [0.15, 0.2) is 78.9 Å². The number of carbonyl (C=O) groups is 1. The number of nitrogens with one attached hydrogen (secondary N) is 3. The van der Waals surface area contributed by atoms with Gasteiger partial charge in [0.05, 0.1) is 23.0 Å². The van der Waals surface area contributed by atoms with Gasteiger partial charge in [-0.3, -0.25) is 10.2 Å². The third-order valence-corrected chi connectivity index (χ3v) is 6.10. The van der Waals surface area contributed by atoms with E-state index < -0.39 is 0 Å². The van der Waals surface area contributed by atoms with Crippen molar-refractivity contribution >= 4 is 34.4 Å². The summed E-state index contributed by atoms with van der Waals surface area (Å²) < 4.78 is 2.03. The number of hydrogen-bond acceptors (Lipinski definition) is 3. The summed E-state index contributed by atoms with van der Waals surface area (Å²) in [4.78, 5) is 18.0. The van der Waals surface area contributed by atoms with E-state index in [4.69, 9.17) is 22.0 Å². The second-order valence-corrected chi connectivity index (χ2v) is 8.44. The molecule has 1 aromatic heterocycles. The highest BCUT2D eigenvalue weighted by Crippen LogP contribution is 2.24. The zero-order chi connectivity index (χ0) is 23.9. The molecule has 4 rings (SSSR count). The van der Waals surface area contributed by atoms with Crippen molar-refractivity contribution in [3.8, 4) is 11.1 Å². The Morgan fingerprint density at radius 3 is 2.38 bits per heavy atom. The van der Waals surface area contributed by atoms with Crippen LogP contribution in [0.25, 0.3) is 22.2 Å². The van der Waals surface area contributed by atoms with E-state index in [0.29, 0.717) is 24.4 Å². The Morgan fingerprint density at radius 2 is 1.68 bits per heavy atom. The van der Waals surface area contributed by atoms with Crippen LogP contribution in [0.2, 0.25) is 0 Å². The Bertz CT molecular complexity index is 1270. The highest BCUT2D eigenvalue weighted by atomic mass is 35.5. The van der Waals surface area contributed by atoms with Gasteiger partial charge in [-0.1, -0.05) is 54.6 Å². The first-order valence-corrected chi connectivity index (χ1v) is 11.8. The zero-order valence-corrected chi connectivity index (χ0v) is 19.8. The highest BCUT2D eigenvalue weighted by Gasteiger charge is 2.21. The molecule has 0 aliphatic carbocycles. The van der Waals surface area contributed by atoms with Gasteiger partial charge in [0.25, 0.3) is 5.91 Å². The monoisotopic (exact) mass is 473 g/mol. The molecule has 0 aliphatic rings. The summed E-state index contributed by atoms with van der Waals surface area (Å²) in [5, 5.41) is 13.9. The molecular weight excluding hydrogens is 446 g/mol. The maximum absolute atomic E-state index is 13.2. The topological polar surface area (TPSA) is 82.8 Å². The number of amides is 1. The molecule has 0 saturated heterocycles. The van der Waals surface area contributed by atoms with Gasteiger partial charge in [-0.05, 0) is 48.2 Å². The number of rotatable bonds is 9. The fourth-order valence-corrected chi connectivity index (χ4v) is 4.12. The molecule has 0 unspecified atom stereocenters. The van der Waals surface area contributed by atoms with E-state index in [1.54, 1.807) is 0 Å². The molecule has 4 aromatic rings. The second-order valence-electron chi connectivity index (χ2n) is 8.17. The molecule has 0 saturated carbocycles. The van der Waals surface area contributed by atoms with Gasteiger partial charge in [-0.15, -0.1) is 11.6 Å². The van der Waals surface area contributed by atoms with Gasteiger partial charge < -0.3 is 15.2 Å². The van der Waals surface area contributed by atoms with E-state index in [0.717, 1.165) is 34.4 Å². The Labute approximate surface area is 204 Å². The van der Waals surface area contributed by atoms with E-state index in [-0.39, 0.29) is 17.8 Å². The Kier molecular flexibility index (Phi) is 7.60. The van der Waals surface area contributed by atoms with Gasteiger partial charge in [-0.25, -0.2) is 4.98 Å². The normalized spacial score (nSPS) is 11.8. The van der Waals surface area contributed by atoms with Crippen LogP contribution in [0.3, 0.4) is 0 Å². The average Bonchev–Trinajstić information content (AvgIpc) is 3.22. The third-order valence-electron chi connectivity index (χ3n) is 5.83. The molecular formula is C27H28ClN5O. The Morgan fingerprint density at radius 1 is 1.00 bits per heavy atom. The van der Waals surface area contributed by atoms with Gasteiger partial charge >= 0.3 is 0 Å². The predicted octanol–water partition coefficient (Wildman–Crippen LogP) is 5.30. The largest absolute Gasteiger partial charge is 0.373 e. The molecule has 1 heterocycles. The number of para-hydroxylation sites is 2. The predicted molar refractivity (Wildman–Crippen MR) is 138 cm³/mol. The van der Waals surface area contributed by atoms with Crippen LogP contribution in [0.4, 0.5) is 0 Å². The molecule has 7 heteroatoms. The number of benzene rings is 3. The van der Waals surface area contributed by atoms with E-state index in [1.165, 1.54) is 0 Å². The minimum Gasteiger partial charge on any atom is -0.373 e. The average molecular weight is 474 g/mol. The quantitative estimate of drug-likeness (QED) is 0.133. The summed E-state index contributed by atoms with van der Waals surface area (Å²) in [5.41, 5.74) is 4.70. The van der Waals surface area contributed by atoms with Crippen LogP contribution in [-0.2, 0) is 7.05 Å². The molecule has 6 nitrogen and oxygen atoms in total. The fourth-order valence-electron chi connectivity index (χ4n) is 4.02. The number of nitrogens with zero attached hydrogens (tertiary/aromatic N) is 2. The standard InChI is InChI=1S/C27H28ClN5O/c1-33-24-12-6-5-10-22(24)31-26(33)23(11-7-17-30-25(29)18-28)32-27(34)21-15-13-20(14-16-21)19-8-3-2-4-9-19/h2-6,8-10,12-16,23H,7,11,17-18H2,1H3,(H2,29,30)(H,32,34)/t23-/m0/s1. The van der Waals surface area contributed by atoms with Crippen LogP contribution < -0.4 is 10.6 Å². The second kappa shape index (κ2) is 11.0. The number of aromatic nitrogens is 2. The van der Waals surface area contributed by atoms with E-state index in [2.05, 4.69) is 22.8 Å². The fraction of sp³-hybridized carbons (Fsp3) is 0.222. The Hall–Kier alpha value is -3.64. The summed E-state index contributed by atoms with van der Waals surface area (Å²) in [6, 6.07) is 25.4. The first kappa shape index (κ1) is 23.5. The van der Waals surface area contributed by atoms with E-state index >= 15 is 0 Å². The molecule has 0 bridgehead atoms. The SMILES string of the molecule is Cn1c([C@H](CCCNC(=N)CCl)NC(=O)c2ccc(-c3ccccc3)cc2)nc2ccccc21. The first-order chi connectivity index (χ1) is 16.6. The smallest absolute Gasteiger partial charge is 0.251 e. The van der Waals surface area contributed by atoms with E-state index in [9.17, 15) is 4.79 Å². The van der Waals surface area contributed by atoms with Crippen molar-refractivity contribution < 1.29 is 4.79 Å². The summed E-state index contributed by atoms with van der Waals surface area (Å²) >= 11 is 5.68. The first-order valence-electron chi connectivity index (χ1n) is 11.3. The molecule has 0 aliphatic heterocycles. The number of hydrogen-bond donors (Lipinski definition) is 3. The lowest BCUT2D eigenvalue weighted by Crippen LogP contribution is -2.31. The zero-order valence-electron chi connectivity index (χ0n) is 19.1. The van der Waals surface area contributed by atoms with Crippen molar-refractivity contribution in [1.82, 2.24) is 20.2 Å². The van der Waals surface area contributed by atoms with Crippen LogP contribution in [0, 0.1) is 5.41 Å². The maximum Gasteiger partial charge on any atom is 0.251 e. The van der Waals surface area contributed by atoms with Crippen molar-refractivity contribution in [1.29, 1.82) is 5.41 Å². The highest BCUT2D eigenvalue weighted by molar-refractivity contribution is 6.27. The van der Waals surface area contributed by atoms with E-state index in [1.807, 2.05) is 78.3 Å². The molecule has 174 valence electrons. The van der Waals surface area contributed by atoms with Crippen LogP contribution in [0.5, 0.6) is 0 Å². The number of imidazole rings is 1. The molecule has 34 heavy (non-hydrogen) atoms. The number of aryl methyl sites for hydroxylation is 1. The lowest BCUT2D eigenvalue weighted by atomic mass is 10.0. The van der Waals surface area contributed by atoms with Gasteiger partial charge in [0, 0.05) is 19.2 Å². The van der Waals surface area contributed by atoms with Crippen molar-refractivity contribution in [2.45, 2.75) is 18.9 Å². The number of carbonyl (C=O) groups excluding carboxylic acids is 1. The molecule has 3 aromatic carbocycles. The maximum atomic E-state index is 13.2. The van der Waals surface area contributed by atoms with Crippen LogP contribution in [-0.4, -0.2) is 33.7 Å². The van der Waals surface area contributed by atoms with Crippen LogP contribution in [0.1, 0.15) is 35.1 Å². The van der Waals surface area contributed by atoms with Gasteiger partial charge in [0.2, 0.25) is 0 Å². The minimum absolute atomic E-state index is 0.141. The summed E-state index contributed by atoms with van der Waals surface area (Å²) in [6.07, 6.45) is 1.42. The summed E-state index contributed by atoms with van der Waals surface area (Å²) in [7, 11) is 1.97. The number of amidine groups is 1. The van der Waals surface area contributed by atoms with Crippen molar-refractivity contribution in [2.24, 2.45) is 7.05 Å². The number of alkyl halides is 1. The van der Waals surface area contributed by atoms with Crippen LogP contribution >= 0.6 is 11.6 Å². The van der Waals surface area contributed by atoms with Gasteiger partial charge in [0.15, 0.2) is 0 Å². The third kappa shape index (κ3) is 5.46. The molecule has 0 fully saturated rings. The lowest BCUT2D eigenvalue weighted by Gasteiger charge is -2.19. The molecule has 0 spiro atoms. The molecule has 3 N–H and O–H groups in total. The van der Waals surface area contributed by atoms with Crippen molar-refractivity contribution in [3.05, 3.63) is 90.3 Å². The Balaban J connectivity index is 1.52. The molecule has 1 amide bonds. The molecule has 0 radical (unpaired) electrons. The van der Waals surface area contributed by atoms with Gasteiger partial charge in [-0.2, -0.15) is 0 Å². The van der Waals surface area contributed by atoms with Crippen molar-refractivity contribution in [3.63, 3.8) is 0 Å². The minimum atomic E-state index is -0.273. The van der Waals surface area contributed by atoms with Crippen molar-refractivity contribution in [2.75, 3.05) is 12.4 Å². The van der Waals surface area contributed by atoms with Gasteiger partial charge in [0.1, 0.15) is 11.7 Å². The summed E-state index contributed by atoms with van der Waals surface area (Å²) in [5.74, 6) is 1.12. The molecule has 1 atom stereocenters.